The quantitative estimate of drug-likeness (QED) is 0.676. The first kappa shape index (κ1) is 16.7. The lowest BCUT2D eigenvalue weighted by Crippen LogP contribution is -2.45. The molecule has 2 N–H and O–H groups in total. The van der Waals surface area contributed by atoms with E-state index in [2.05, 4.69) is 17.0 Å². The first-order valence-electron chi connectivity index (χ1n) is 6.36. The van der Waals surface area contributed by atoms with E-state index < -0.39 is 18.0 Å². The number of methoxy groups -OCH3 is 1. The van der Waals surface area contributed by atoms with Crippen LogP contribution in [0.5, 0.6) is 0 Å². The molecule has 8 heteroatoms. The number of nitrogens with zero attached hydrogens (tertiary/aromatic N) is 3. The van der Waals surface area contributed by atoms with Crippen LogP contribution in [0.15, 0.2) is 25.0 Å². The molecule has 0 saturated carbocycles. The summed E-state index contributed by atoms with van der Waals surface area (Å²) in [6.45, 7) is 4.57. The topological polar surface area (TPSA) is 96.7 Å². The van der Waals surface area contributed by atoms with Gasteiger partial charge in [-0.05, 0) is 0 Å². The van der Waals surface area contributed by atoms with E-state index in [4.69, 9.17) is 4.74 Å². The van der Waals surface area contributed by atoms with E-state index in [1.54, 1.807) is 19.3 Å². The fourth-order valence-electron chi connectivity index (χ4n) is 1.72. The molecule has 0 saturated heterocycles. The first-order chi connectivity index (χ1) is 9.99. The molecule has 0 aliphatic rings. The fraction of sp³-hybridized carbons (Fsp3) is 0.462. The Morgan fingerprint density at radius 2 is 2.38 bits per heavy atom. The lowest BCUT2D eigenvalue weighted by atomic mass is 10.1. The molecule has 0 spiro atoms. The molecule has 1 aromatic rings. The zero-order valence-electron chi connectivity index (χ0n) is 12.2. The zero-order valence-corrected chi connectivity index (χ0v) is 12.2. The Morgan fingerprint density at radius 1 is 1.67 bits per heavy atom. The molecule has 8 nitrogen and oxygen atoms in total. The molecule has 1 heterocycles. The van der Waals surface area contributed by atoms with Gasteiger partial charge in [0.25, 0.3) is 0 Å². The number of hydrogen-bond donors (Lipinski definition) is 2. The van der Waals surface area contributed by atoms with Crippen LogP contribution >= 0.6 is 0 Å². The van der Waals surface area contributed by atoms with Crippen molar-refractivity contribution < 1.29 is 19.4 Å². The largest absolute Gasteiger partial charge is 0.479 e. The van der Waals surface area contributed by atoms with Crippen molar-refractivity contribution in [3.05, 3.63) is 30.6 Å². The number of urea groups is 1. The number of carbonyl (C=O) groups is 2. The maximum Gasteiger partial charge on any atom is 0.331 e. The van der Waals surface area contributed by atoms with E-state index in [1.165, 1.54) is 22.9 Å². The van der Waals surface area contributed by atoms with Crippen LogP contribution < -0.4 is 5.32 Å². The first-order valence-corrected chi connectivity index (χ1v) is 6.36. The van der Waals surface area contributed by atoms with E-state index in [-0.39, 0.29) is 0 Å². The average Bonchev–Trinajstić information content (AvgIpc) is 2.86. The lowest BCUT2D eigenvalue weighted by Gasteiger charge is -2.23. The number of hydrogen-bond acceptors (Lipinski definition) is 4. The van der Waals surface area contributed by atoms with Gasteiger partial charge in [-0.15, -0.1) is 6.58 Å². The summed E-state index contributed by atoms with van der Waals surface area (Å²) in [6.07, 6.45) is 4.52. The second-order valence-corrected chi connectivity index (χ2v) is 4.40. The van der Waals surface area contributed by atoms with Gasteiger partial charge in [0.2, 0.25) is 0 Å². The Kier molecular flexibility index (Phi) is 6.41. The molecule has 0 aliphatic heterocycles. The predicted molar refractivity (Wildman–Crippen MR) is 75.8 cm³/mol. The monoisotopic (exact) mass is 296 g/mol. The Labute approximate surface area is 123 Å². The highest BCUT2D eigenvalue weighted by Gasteiger charge is 2.25. The van der Waals surface area contributed by atoms with Crippen LogP contribution in [0.2, 0.25) is 0 Å². The third kappa shape index (κ3) is 4.92. The molecule has 116 valence electrons. The molecular weight excluding hydrogens is 276 g/mol. The minimum absolute atomic E-state index is 0.300. The Bertz CT molecular complexity index is 500. The number of carboxylic acids is 1. The summed E-state index contributed by atoms with van der Waals surface area (Å²) in [6, 6.07) is -1.65. The van der Waals surface area contributed by atoms with Gasteiger partial charge in [0.1, 0.15) is 0 Å². The van der Waals surface area contributed by atoms with Crippen molar-refractivity contribution >= 4 is 12.0 Å². The standard InChI is InChI=1S/C13H20N4O4/c1-4-5-17(6-7-21-3)13(20)15-11(12(18)19)10-8-14-16(2)9-10/h4,8-9,11H,1,5-7H2,2-3H3,(H,15,20)(H,18,19). The number of aryl methyl sites for hydroxylation is 1. The molecule has 2 amide bonds. The van der Waals surface area contributed by atoms with Crippen LogP contribution in [0.4, 0.5) is 4.79 Å². The molecular formula is C13H20N4O4. The number of aliphatic carboxylic acids is 1. The number of amides is 2. The molecule has 1 rings (SSSR count). The van der Waals surface area contributed by atoms with Crippen molar-refractivity contribution in [2.75, 3.05) is 26.8 Å². The highest BCUT2D eigenvalue weighted by molar-refractivity contribution is 5.83. The molecule has 1 aromatic heterocycles. The maximum atomic E-state index is 12.2. The van der Waals surface area contributed by atoms with Gasteiger partial charge >= 0.3 is 12.0 Å². The second-order valence-electron chi connectivity index (χ2n) is 4.40. The Hall–Kier alpha value is -2.35. The summed E-state index contributed by atoms with van der Waals surface area (Å²) in [5.41, 5.74) is 0.406. The normalized spacial score (nSPS) is 11.7. The van der Waals surface area contributed by atoms with Gasteiger partial charge < -0.3 is 20.1 Å². The summed E-state index contributed by atoms with van der Waals surface area (Å²) >= 11 is 0. The van der Waals surface area contributed by atoms with Crippen LogP contribution in [-0.2, 0) is 16.6 Å². The van der Waals surface area contributed by atoms with Gasteiger partial charge in [-0.2, -0.15) is 5.10 Å². The minimum Gasteiger partial charge on any atom is -0.479 e. The van der Waals surface area contributed by atoms with Crippen LogP contribution in [0.3, 0.4) is 0 Å². The summed E-state index contributed by atoms with van der Waals surface area (Å²) in [5.74, 6) is -1.15. The van der Waals surface area contributed by atoms with Gasteiger partial charge in [-0.1, -0.05) is 6.08 Å². The van der Waals surface area contributed by atoms with Crippen molar-refractivity contribution in [3.63, 3.8) is 0 Å². The van der Waals surface area contributed by atoms with E-state index in [1.807, 2.05) is 0 Å². The molecule has 21 heavy (non-hydrogen) atoms. The van der Waals surface area contributed by atoms with Crippen LogP contribution in [-0.4, -0.2) is 58.6 Å². The molecule has 0 aromatic carbocycles. The SMILES string of the molecule is C=CCN(CCOC)C(=O)NC(C(=O)O)c1cnn(C)c1. The van der Waals surface area contributed by atoms with E-state index >= 15 is 0 Å². The third-order valence-corrected chi connectivity index (χ3v) is 2.77. The number of aromatic nitrogens is 2. The van der Waals surface area contributed by atoms with E-state index in [0.29, 0.717) is 25.3 Å². The highest BCUT2D eigenvalue weighted by Crippen LogP contribution is 2.12. The molecule has 0 aliphatic carbocycles. The molecule has 0 radical (unpaired) electrons. The smallest absolute Gasteiger partial charge is 0.331 e. The summed E-state index contributed by atoms with van der Waals surface area (Å²) < 4.78 is 6.40. The molecule has 1 unspecified atom stereocenters. The van der Waals surface area contributed by atoms with Crippen molar-refractivity contribution in [2.45, 2.75) is 6.04 Å². The van der Waals surface area contributed by atoms with Crippen molar-refractivity contribution in [3.8, 4) is 0 Å². The lowest BCUT2D eigenvalue weighted by molar-refractivity contribution is -0.139. The number of rotatable bonds is 8. The fourth-order valence-corrected chi connectivity index (χ4v) is 1.72. The number of carbonyl (C=O) groups excluding carboxylic acids is 1. The number of ether oxygens (including phenoxy) is 1. The third-order valence-electron chi connectivity index (χ3n) is 2.77. The number of carboxylic acid groups (broad SMARTS) is 1. The van der Waals surface area contributed by atoms with Crippen LogP contribution in [0, 0.1) is 0 Å². The maximum absolute atomic E-state index is 12.2. The van der Waals surface area contributed by atoms with Gasteiger partial charge in [-0.25, -0.2) is 9.59 Å². The average molecular weight is 296 g/mol. The van der Waals surface area contributed by atoms with Crippen LogP contribution in [0.25, 0.3) is 0 Å². The number of nitrogens with one attached hydrogen (secondary N) is 1. The van der Waals surface area contributed by atoms with Gasteiger partial charge in [0.05, 0.1) is 12.8 Å². The Balaban J connectivity index is 2.79. The Morgan fingerprint density at radius 3 is 2.86 bits per heavy atom. The molecule has 1 atom stereocenters. The van der Waals surface area contributed by atoms with Gasteiger partial charge in [0, 0.05) is 39.0 Å². The van der Waals surface area contributed by atoms with E-state index in [0.717, 1.165) is 0 Å². The van der Waals surface area contributed by atoms with Gasteiger partial charge in [-0.3, -0.25) is 4.68 Å². The van der Waals surface area contributed by atoms with Crippen LogP contribution in [0.1, 0.15) is 11.6 Å². The summed E-state index contributed by atoms with van der Waals surface area (Å²) in [5, 5.41) is 15.6. The van der Waals surface area contributed by atoms with E-state index in [9.17, 15) is 14.7 Å². The zero-order chi connectivity index (χ0) is 15.8. The highest BCUT2D eigenvalue weighted by atomic mass is 16.5. The second kappa shape index (κ2) is 8.05. The van der Waals surface area contributed by atoms with Crippen molar-refractivity contribution in [1.82, 2.24) is 20.0 Å². The summed E-state index contributed by atoms with van der Waals surface area (Å²) in [7, 11) is 3.20. The predicted octanol–water partition coefficient (Wildman–Crippen LogP) is 0.390. The van der Waals surface area contributed by atoms with Crippen molar-refractivity contribution in [2.24, 2.45) is 7.05 Å². The minimum atomic E-state index is -1.15. The molecule has 0 fully saturated rings. The van der Waals surface area contributed by atoms with Gasteiger partial charge in [0.15, 0.2) is 6.04 Å². The molecule has 0 bridgehead atoms. The summed E-state index contributed by atoms with van der Waals surface area (Å²) in [4.78, 5) is 24.9. The van der Waals surface area contributed by atoms with Crippen molar-refractivity contribution in [1.29, 1.82) is 0 Å².